The molecule has 0 atom stereocenters. The van der Waals surface area contributed by atoms with Crippen LogP contribution in [-0.4, -0.2) is 31.8 Å². The third-order valence-electron chi connectivity index (χ3n) is 4.69. The minimum atomic E-state index is -0.257. The Morgan fingerprint density at radius 1 is 1.13 bits per heavy atom. The Labute approximate surface area is 179 Å². The zero-order valence-corrected chi connectivity index (χ0v) is 17.0. The summed E-state index contributed by atoms with van der Waals surface area (Å²) in [6.07, 6.45) is 3.19. The largest absolute Gasteiger partial charge is 0.415 e. The lowest BCUT2D eigenvalue weighted by Gasteiger charge is -2.06. The molecule has 0 aliphatic carbocycles. The van der Waals surface area contributed by atoms with Gasteiger partial charge in [0.15, 0.2) is 0 Å². The van der Waals surface area contributed by atoms with E-state index in [2.05, 4.69) is 25.5 Å². The van der Waals surface area contributed by atoms with E-state index in [1.54, 1.807) is 25.4 Å². The molecule has 0 saturated heterocycles. The van der Waals surface area contributed by atoms with E-state index in [1.807, 2.05) is 37.4 Å². The third-order valence-corrected chi connectivity index (χ3v) is 4.69. The van der Waals surface area contributed by atoms with Crippen LogP contribution in [-0.2, 0) is 13.1 Å². The summed E-state index contributed by atoms with van der Waals surface area (Å²) in [7, 11) is 1.90. The van der Waals surface area contributed by atoms with E-state index in [4.69, 9.17) is 9.68 Å². The van der Waals surface area contributed by atoms with Gasteiger partial charge in [-0.1, -0.05) is 12.1 Å². The number of hydrogen-bond donors (Lipinski definition) is 1. The first-order valence-corrected chi connectivity index (χ1v) is 9.58. The Balaban J connectivity index is 0.00000289. The molecule has 9 heteroatoms. The molecule has 0 amide bonds. The van der Waals surface area contributed by atoms with E-state index in [-0.39, 0.29) is 19.4 Å². The topological polar surface area (TPSA) is 123 Å². The zero-order chi connectivity index (χ0) is 21.8. The maximum Gasteiger partial charge on any atom is 0.268 e. The Bertz CT molecular complexity index is 1320. The highest BCUT2D eigenvalue weighted by molar-refractivity contribution is 5.62. The monoisotopic (exact) mass is 415 g/mol. The van der Waals surface area contributed by atoms with Gasteiger partial charge in [0.05, 0.1) is 23.7 Å². The van der Waals surface area contributed by atoms with Crippen molar-refractivity contribution in [1.82, 2.24) is 30.0 Å². The maximum atomic E-state index is 11.9. The number of rotatable bonds is 6. The number of aryl methyl sites for hydroxylation is 1. The molecule has 0 bridgehead atoms. The van der Waals surface area contributed by atoms with Crippen LogP contribution in [0.3, 0.4) is 0 Å². The van der Waals surface area contributed by atoms with E-state index < -0.39 is 0 Å². The minimum absolute atomic E-state index is 0. The molecule has 0 aliphatic heterocycles. The molecule has 0 radical (unpaired) electrons. The molecule has 0 fully saturated rings. The van der Waals surface area contributed by atoms with Gasteiger partial charge in [0, 0.05) is 31.4 Å². The predicted molar refractivity (Wildman–Crippen MR) is 116 cm³/mol. The second-order valence-electron chi connectivity index (χ2n) is 6.87. The van der Waals surface area contributed by atoms with Crippen molar-refractivity contribution in [2.75, 3.05) is 7.05 Å². The fourth-order valence-corrected chi connectivity index (χ4v) is 3.08. The third kappa shape index (κ3) is 4.24. The average molecular weight is 415 g/mol. The first-order valence-electron chi connectivity index (χ1n) is 9.58. The number of aromatic nitrogens is 5. The van der Waals surface area contributed by atoms with Crippen molar-refractivity contribution in [2.45, 2.75) is 20.0 Å². The fourth-order valence-electron chi connectivity index (χ4n) is 3.08. The fraction of sp³-hybridized carbons (Fsp3) is 0.182. The lowest BCUT2D eigenvalue weighted by Crippen LogP contribution is -2.17. The second-order valence-corrected chi connectivity index (χ2v) is 6.87. The van der Waals surface area contributed by atoms with E-state index in [1.165, 1.54) is 10.6 Å². The van der Waals surface area contributed by atoms with Gasteiger partial charge in [0.2, 0.25) is 5.89 Å². The van der Waals surface area contributed by atoms with Crippen molar-refractivity contribution in [2.24, 2.45) is 0 Å². The van der Waals surface area contributed by atoms with Crippen LogP contribution in [0.2, 0.25) is 0 Å². The van der Waals surface area contributed by atoms with E-state index in [0.717, 1.165) is 17.7 Å². The second kappa shape index (κ2) is 8.69. The number of nitriles is 1. The Morgan fingerprint density at radius 2 is 1.87 bits per heavy atom. The van der Waals surface area contributed by atoms with Crippen molar-refractivity contribution in [1.29, 1.82) is 5.26 Å². The summed E-state index contributed by atoms with van der Waals surface area (Å²) in [4.78, 5) is 20.9. The summed E-state index contributed by atoms with van der Waals surface area (Å²) in [5, 5.41) is 20.3. The number of pyridine rings is 1. The summed E-state index contributed by atoms with van der Waals surface area (Å²) in [5.74, 6) is 0.645. The van der Waals surface area contributed by atoms with Crippen LogP contribution in [0.25, 0.3) is 34.3 Å². The van der Waals surface area contributed by atoms with Gasteiger partial charge < -0.3 is 14.3 Å². The standard InChI is InChI=1S/C22H19N7O2.H2/c1-14-20(22-28-27-21(31-22)16-5-3-15(4-6-16)11-24-2)26-18(12-25-14)17-7-8-19(30)29(13-17)10-9-23;/h3-8,12-13,24H,10-11H2,1-2H3;1H. The number of benzene rings is 1. The molecule has 1 N–H and O–H groups in total. The predicted octanol–water partition coefficient (Wildman–Crippen LogP) is 2.82. The molecule has 0 spiro atoms. The van der Waals surface area contributed by atoms with Crippen LogP contribution in [0.15, 0.2) is 58.0 Å². The molecule has 9 nitrogen and oxygen atoms in total. The van der Waals surface area contributed by atoms with Crippen molar-refractivity contribution >= 4 is 0 Å². The van der Waals surface area contributed by atoms with Crippen molar-refractivity contribution in [3.63, 3.8) is 0 Å². The van der Waals surface area contributed by atoms with Crippen LogP contribution in [0.4, 0.5) is 0 Å². The number of hydrogen-bond acceptors (Lipinski definition) is 8. The molecule has 0 aliphatic rings. The molecule has 4 aromatic rings. The van der Waals surface area contributed by atoms with Gasteiger partial charge in [-0.3, -0.25) is 9.78 Å². The molecule has 3 aromatic heterocycles. The number of nitrogens with one attached hydrogen (secondary N) is 1. The Hall–Kier alpha value is -4.16. The molecule has 1 aromatic carbocycles. The van der Waals surface area contributed by atoms with Crippen LogP contribution >= 0.6 is 0 Å². The summed E-state index contributed by atoms with van der Waals surface area (Å²) < 4.78 is 7.19. The van der Waals surface area contributed by atoms with Gasteiger partial charge >= 0.3 is 0 Å². The molecule has 3 heterocycles. The van der Waals surface area contributed by atoms with Gasteiger partial charge in [-0.05, 0) is 37.7 Å². The summed E-state index contributed by atoms with van der Waals surface area (Å²) >= 11 is 0. The zero-order valence-electron chi connectivity index (χ0n) is 17.0. The average Bonchev–Trinajstić information content (AvgIpc) is 3.27. The smallest absolute Gasteiger partial charge is 0.268 e. The Morgan fingerprint density at radius 3 is 2.61 bits per heavy atom. The molecule has 31 heavy (non-hydrogen) atoms. The number of nitrogens with zero attached hydrogens (tertiary/aromatic N) is 6. The van der Waals surface area contributed by atoms with Crippen LogP contribution in [0.5, 0.6) is 0 Å². The van der Waals surface area contributed by atoms with Gasteiger partial charge in [0.25, 0.3) is 11.4 Å². The van der Waals surface area contributed by atoms with Gasteiger partial charge in [-0.2, -0.15) is 5.26 Å². The lowest BCUT2D eigenvalue weighted by atomic mass is 10.1. The molecular weight excluding hydrogens is 394 g/mol. The van der Waals surface area contributed by atoms with Crippen LogP contribution in [0, 0.1) is 18.3 Å². The summed E-state index contributed by atoms with van der Waals surface area (Å²) in [6.45, 7) is 2.54. The van der Waals surface area contributed by atoms with Crippen LogP contribution < -0.4 is 10.9 Å². The van der Waals surface area contributed by atoms with Gasteiger partial charge in [-0.25, -0.2) is 4.98 Å². The van der Waals surface area contributed by atoms with Crippen molar-refractivity contribution in [3.8, 4) is 40.4 Å². The molecule has 0 unspecified atom stereocenters. The first kappa shape index (κ1) is 20.1. The molecule has 156 valence electrons. The molecule has 0 saturated carbocycles. The van der Waals surface area contributed by atoms with E-state index in [0.29, 0.717) is 28.5 Å². The highest BCUT2D eigenvalue weighted by Crippen LogP contribution is 2.26. The lowest BCUT2D eigenvalue weighted by molar-refractivity contribution is 0.581. The quantitative estimate of drug-likeness (QED) is 0.510. The van der Waals surface area contributed by atoms with Gasteiger partial charge in [0.1, 0.15) is 12.2 Å². The molecular formula is C22H21N7O2. The van der Waals surface area contributed by atoms with Crippen molar-refractivity contribution in [3.05, 3.63) is 70.4 Å². The highest BCUT2D eigenvalue weighted by atomic mass is 16.4. The van der Waals surface area contributed by atoms with Crippen molar-refractivity contribution < 1.29 is 5.84 Å². The Kier molecular flexibility index (Phi) is 5.64. The minimum Gasteiger partial charge on any atom is -0.415 e. The maximum absolute atomic E-state index is 11.9. The summed E-state index contributed by atoms with van der Waals surface area (Å²) in [6, 6.07) is 12.9. The van der Waals surface area contributed by atoms with Crippen LogP contribution in [0.1, 0.15) is 12.7 Å². The van der Waals surface area contributed by atoms with E-state index in [9.17, 15) is 4.79 Å². The summed E-state index contributed by atoms with van der Waals surface area (Å²) in [5.41, 5.74) is 3.98. The normalized spacial score (nSPS) is 10.7. The first-order chi connectivity index (χ1) is 15.1. The SMILES string of the molecule is CNCc1ccc(-c2nnc(-c3nc(-c4ccc(=O)n(CC#N)c4)cnc3C)o2)cc1.[HH]. The molecule has 4 rings (SSSR count). The highest BCUT2D eigenvalue weighted by Gasteiger charge is 2.16. The van der Waals surface area contributed by atoms with Gasteiger partial charge in [-0.15, -0.1) is 10.2 Å². The van der Waals surface area contributed by atoms with E-state index >= 15 is 0 Å².